The predicted octanol–water partition coefficient (Wildman–Crippen LogP) is 3.02. The van der Waals surface area contributed by atoms with Crippen molar-refractivity contribution < 1.29 is 13.9 Å². The first kappa shape index (κ1) is 14.1. The molecule has 0 aliphatic carbocycles. The Balaban J connectivity index is 2.01. The van der Waals surface area contributed by atoms with Crippen molar-refractivity contribution in [3.05, 3.63) is 57.8 Å². The van der Waals surface area contributed by atoms with Crippen molar-refractivity contribution in [3.8, 4) is 0 Å². The van der Waals surface area contributed by atoms with Gasteiger partial charge in [-0.15, -0.1) is 0 Å². The Morgan fingerprint density at radius 3 is 2.74 bits per heavy atom. The fraction of sp³-hybridized carbons (Fsp3) is 0.286. The van der Waals surface area contributed by atoms with Crippen LogP contribution in [-0.4, -0.2) is 11.7 Å². The molecule has 1 unspecified atom stereocenters. The summed E-state index contributed by atoms with van der Waals surface area (Å²) in [5.74, 6) is -1.38. The zero-order chi connectivity index (χ0) is 13.9. The van der Waals surface area contributed by atoms with Gasteiger partial charge in [-0.1, -0.05) is 6.07 Å². The van der Waals surface area contributed by atoms with E-state index in [2.05, 4.69) is 5.32 Å². The molecule has 2 N–H and O–H groups in total. The molecule has 102 valence electrons. The SMILES string of the molecule is CC(O)(CNCc1ccsc1)c1ccc(F)cc1F. The Bertz CT molecular complexity index is 540. The van der Waals surface area contributed by atoms with Crippen molar-refractivity contribution in [1.82, 2.24) is 5.32 Å². The number of benzene rings is 1. The largest absolute Gasteiger partial charge is 0.384 e. The second-order valence-corrected chi connectivity index (χ2v) is 5.41. The molecule has 5 heteroatoms. The molecule has 0 fully saturated rings. The summed E-state index contributed by atoms with van der Waals surface area (Å²) in [6.45, 7) is 2.29. The minimum atomic E-state index is -1.38. The van der Waals surface area contributed by atoms with E-state index in [0.717, 1.165) is 17.7 Å². The summed E-state index contributed by atoms with van der Waals surface area (Å²) in [7, 11) is 0. The highest BCUT2D eigenvalue weighted by atomic mass is 32.1. The zero-order valence-electron chi connectivity index (χ0n) is 10.5. The lowest BCUT2D eigenvalue weighted by molar-refractivity contribution is 0.0528. The Morgan fingerprint density at radius 2 is 2.11 bits per heavy atom. The van der Waals surface area contributed by atoms with E-state index >= 15 is 0 Å². The molecule has 0 radical (unpaired) electrons. The van der Waals surface area contributed by atoms with E-state index in [4.69, 9.17) is 0 Å². The van der Waals surface area contributed by atoms with E-state index in [0.29, 0.717) is 6.54 Å². The number of halogens is 2. The number of nitrogens with one attached hydrogen (secondary N) is 1. The van der Waals surface area contributed by atoms with E-state index in [1.807, 2.05) is 16.8 Å². The van der Waals surface area contributed by atoms with Crippen LogP contribution in [0, 0.1) is 11.6 Å². The van der Waals surface area contributed by atoms with Crippen LogP contribution in [0.15, 0.2) is 35.0 Å². The van der Waals surface area contributed by atoms with Crippen LogP contribution in [0.4, 0.5) is 8.78 Å². The van der Waals surface area contributed by atoms with Crippen molar-refractivity contribution >= 4 is 11.3 Å². The van der Waals surface area contributed by atoms with E-state index in [1.165, 1.54) is 13.0 Å². The molecular weight excluding hydrogens is 268 g/mol. The third-order valence-electron chi connectivity index (χ3n) is 2.89. The molecular formula is C14H15F2NOS. The molecule has 19 heavy (non-hydrogen) atoms. The summed E-state index contributed by atoms with van der Waals surface area (Å²) in [6, 6.07) is 5.18. The number of thiophene rings is 1. The topological polar surface area (TPSA) is 32.3 Å². The van der Waals surface area contributed by atoms with Crippen LogP contribution in [0.1, 0.15) is 18.1 Å². The molecule has 2 aromatic rings. The van der Waals surface area contributed by atoms with Crippen LogP contribution in [0.3, 0.4) is 0 Å². The standard InChI is InChI=1S/C14H15F2NOS/c1-14(18,9-17-7-10-4-5-19-8-10)12-3-2-11(15)6-13(12)16/h2-6,8,17-18H,7,9H2,1H3. The Morgan fingerprint density at radius 1 is 1.32 bits per heavy atom. The summed E-state index contributed by atoms with van der Waals surface area (Å²) in [5, 5.41) is 17.3. The predicted molar refractivity (Wildman–Crippen MR) is 72.0 cm³/mol. The van der Waals surface area contributed by atoms with Gasteiger partial charge in [0.1, 0.15) is 17.2 Å². The van der Waals surface area contributed by atoms with Gasteiger partial charge in [0.25, 0.3) is 0 Å². The van der Waals surface area contributed by atoms with Crippen molar-refractivity contribution in [3.63, 3.8) is 0 Å². The number of hydrogen-bond acceptors (Lipinski definition) is 3. The van der Waals surface area contributed by atoms with Gasteiger partial charge in [-0.3, -0.25) is 0 Å². The Labute approximate surface area is 114 Å². The summed E-state index contributed by atoms with van der Waals surface area (Å²) in [4.78, 5) is 0. The normalized spacial score (nSPS) is 14.3. The lowest BCUT2D eigenvalue weighted by Gasteiger charge is -2.24. The molecule has 0 amide bonds. The molecule has 0 aliphatic heterocycles. The highest BCUT2D eigenvalue weighted by Gasteiger charge is 2.26. The maximum Gasteiger partial charge on any atom is 0.132 e. The van der Waals surface area contributed by atoms with Crippen molar-refractivity contribution in [2.45, 2.75) is 19.1 Å². The molecule has 0 saturated heterocycles. The molecule has 0 spiro atoms. The van der Waals surface area contributed by atoms with Gasteiger partial charge in [0.2, 0.25) is 0 Å². The number of aliphatic hydroxyl groups is 1. The smallest absolute Gasteiger partial charge is 0.132 e. The van der Waals surface area contributed by atoms with Crippen LogP contribution in [0.2, 0.25) is 0 Å². The third-order valence-corrected chi connectivity index (χ3v) is 3.62. The van der Waals surface area contributed by atoms with E-state index in [9.17, 15) is 13.9 Å². The van der Waals surface area contributed by atoms with Crippen LogP contribution in [0.5, 0.6) is 0 Å². The zero-order valence-corrected chi connectivity index (χ0v) is 11.3. The van der Waals surface area contributed by atoms with E-state index < -0.39 is 17.2 Å². The fourth-order valence-electron chi connectivity index (χ4n) is 1.86. The van der Waals surface area contributed by atoms with E-state index in [1.54, 1.807) is 11.3 Å². The average molecular weight is 283 g/mol. The van der Waals surface area contributed by atoms with Gasteiger partial charge in [0.15, 0.2) is 0 Å². The first-order valence-electron chi connectivity index (χ1n) is 5.89. The van der Waals surface area contributed by atoms with Gasteiger partial charge in [-0.2, -0.15) is 11.3 Å². The third kappa shape index (κ3) is 3.59. The molecule has 1 aromatic carbocycles. The van der Waals surface area contributed by atoms with Crippen LogP contribution in [-0.2, 0) is 12.1 Å². The fourth-order valence-corrected chi connectivity index (χ4v) is 2.53. The lowest BCUT2D eigenvalue weighted by atomic mass is 9.95. The van der Waals surface area contributed by atoms with Crippen molar-refractivity contribution in [2.75, 3.05) is 6.54 Å². The van der Waals surface area contributed by atoms with Crippen LogP contribution in [0.25, 0.3) is 0 Å². The monoisotopic (exact) mass is 283 g/mol. The molecule has 0 bridgehead atoms. The van der Waals surface area contributed by atoms with Gasteiger partial charge in [0, 0.05) is 24.7 Å². The van der Waals surface area contributed by atoms with Gasteiger partial charge in [-0.25, -0.2) is 8.78 Å². The summed E-state index contributed by atoms with van der Waals surface area (Å²) in [6.07, 6.45) is 0. The minimum absolute atomic E-state index is 0.0896. The molecule has 2 rings (SSSR count). The van der Waals surface area contributed by atoms with Crippen molar-refractivity contribution in [1.29, 1.82) is 0 Å². The lowest BCUT2D eigenvalue weighted by Crippen LogP contribution is -2.35. The summed E-state index contributed by atoms with van der Waals surface area (Å²) in [5.41, 5.74) is -0.180. The van der Waals surface area contributed by atoms with Gasteiger partial charge >= 0.3 is 0 Å². The minimum Gasteiger partial charge on any atom is -0.384 e. The maximum atomic E-state index is 13.6. The van der Waals surface area contributed by atoms with Crippen LogP contribution >= 0.6 is 11.3 Å². The number of hydrogen-bond donors (Lipinski definition) is 2. The van der Waals surface area contributed by atoms with Gasteiger partial charge in [-0.05, 0) is 35.4 Å². The first-order valence-corrected chi connectivity index (χ1v) is 6.83. The van der Waals surface area contributed by atoms with Crippen molar-refractivity contribution in [2.24, 2.45) is 0 Å². The second kappa shape index (κ2) is 5.77. The van der Waals surface area contributed by atoms with Gasteiger partial charge < -0.3 is 10.4 Å². The summed E-state index contributed by atoms with van der Waals surface area (Å²) >= 11 is 1.59. The molecule has 0 saturated carbocycles. The Hall–Kier alpha value is -1.30. The number of rotatable bonds is 5. The highest BCUT2D eigenvalue weighted by molar-refractivity contribution is 7.07. The average Bonchev–Trinajstić information content (AvgIpc) is 2.81. The van der Waals surface area contributed by atoms with Crippen LogP contribution < -0.4 is 5.32 Å². The van der Waals surface area contributed by atoms with Gasteiger partial charge in [0.05, 0.1) is 0 Å². The molecule has 1 aromatic heterocycles. The second-order valence-electron chi connectivity index (χ2n) is 4.63. The molecule has 1 heterocycles. The summed E-state index contributed by atoms with van der Waals surface area (Å²) < 4.78 is 26.5. The first-order chi connectivity index (χ1) is 8.99. The van der Waals surface area contributed by atoms with E-state index in [-0.39, 0.29) is 12.1 Å². The quantitative estimate of drug-likeness (QED) is 0.884. The Kier molecular flexibility index (Phi) is 4.29. The highest BCUT2D eigenvalue weighted by Crippen LogP contribution is 2.23. The molecule has 1 atom stereocenters. The maximum absolute atomic E-state index is 13.6. The molecule has 2 nitrogen and oxygen atoms in total. The molecule has 0 aliphatic rings.